The summed E-state index contributed by atoms with van der Waals surface area (Å²) in [7, 11) is 0. The van der Waals surface area contributed by atoms with Crippen molar-refractivity contribution in [3.8, 4) is 0 Å². The van der Waals surface area contributed by atoms with Crippen LogP contribution in [-0.2, 0) is 11.2 Å². The highest BCUT2D eigenvalue weighted by molar-refractivity contribution is 5.73. The van der Waals surface area contributed by atoms with Gasteiger partial charge in [0.2, 0.25) is 0 Å². The molecule has 0 spiro atoms. The molecule has 0 saturated heterocycles. The van der Waals surface area contributed by atoms with Crippen molar-refractivity contribution in [1.29, 1.82) is 0 Å². The number of hydrogen-bond acceptors (Lipinski definition) is 2. The lowest BCUT2D eigenvalue weighted by Crippen LogP contribution is -2.41. The number of carbonyl (C=O) groups is 1. The number of nitrogens with one attached hydrogen (secondary N) is 1. The van der Waals surface area contributed by atoms with E-state index in [2.05, 4.69) is 12.2 Å². The second-order valence-corrected chi connectivity index (χ2v) is 6.13. The molecule has 20 heavy (non-hydrogen) atoms. The first-order valence-electron chi connectivity index (χ1n) is 7.65. The Morgan fingerprint density at radius 3 is 2.75 bits per heavy atom. The Kier molecular flexibility index (Phi) is 5.60. The van der Waals surface area contributed by atoms with Gasteiger partial charge in [-0.05, 0) is 43.2 Å². The van der Waals surface area contributed by atoms with Gasteiger partial charge in [-0.1, -0.05) is 50.1 Å². The zero-order chi connectivity index (χ0) is 14.4. The van der Waals surface area contributed by atoms with Crippen LogP contribution in [0.4, 0.5) is 0 Å². The van der Waals surface area contributed by atoms with Crippen LogP contribution >= 0.6 is 0 Å². The molecule has 0 radical (unpaired) electrons. The first kappa shape index (κ1) is 15.0. The summed E-state index contributed by atoms with van der Waals surface area (Å²) in [5.74, 6) is 0.669. The van der Waals surface area contributed by atoms with Gasteiger partial charge in [0.1, 0.15) is 6.04 Å². The highest BCUT2D eigenvalue weighted by Crippen LogP contribution is 2.28. The molecule has 2 rings (SSSR count). The first-order valence-corrected chi connectivity index (χ1v) is 7.65. The fraction of sp³-hybridized carbons (Fsp3) is 0.588. The summed E-state index contributed by atoms with van der Waals surface area (Å²) in [6.45, 7) is 3.12. The van der Waals surface area contributed by atoms with Crippen molar-refractivity contribution >= 4 is 5.97 Å². The van der Waals surface area contributed by atoms with Crippen molar-refractivity contribution in [1.82, 2.24) is 5.32 Å². The van der Waals surface area contributed by atoms with Gasteiger partial charge in [0.15, 0.2) is 0 Å². The molecule has 0 aliphatic heterocycles. The van der Waals surface area contributed by atoms with Gasteiger partial charge in [0.25, 0.3) is 0 Å². The predicted octanol–water partition coefficient (Wildman–Crippen LogP) is 3.10. The maximum Gasteiger partial charge on any atom is 0.321 e. The highest BCUT2D eigenvalue weighted by atomic mass is 16.4. The van der Waals surface area contributed by atoms with E-state index in [4.69, 9.17) is 0 Å². The SMILES string of the molecule is CC1CCCC(CN[C@@H](Cc2ccccc2)C(=O)O)C1. The Labute approximate surface area is 121 Å². The van der Waals surface area contributed by atoms with Crippen molar-refractivity contribution in [2.24, 2.45) is 11.8 Å². The predicted molar refractivity (Wildman–Crippen MR) is 80.7 cm³/mol. The van der Waals surface area contributed by atoms with Gasteiger partial charge < -0.3 is 10.4 Å². The molecule has 3 heteroatoms. The van der Waals surface area contributed by atoms with E-state index >= 15 is 0 Å². The molecular formula is C17H25NO2. The summed E-state index contributed by atoms with van der Waals surface area (Å²) in [6, 6.07) is 9.36. The summed E-state index contributed by atoms with van der Waals surface area (Å²) in [5, 5.41) is 12.6. The van der Waals surface area contributed by atoms with Crippen molar-refractivity contribution in [2.45, 2.75) is 45.1 Å². The van der Waals surface area contributed by atoms with E-state index in [0.29, 0.717) is 12.3 Å². The first-order chi connectivity index (χ1) is 9.65. The smallest absolute Gasteiger partial charge is 0.321 e. The van der Waals surface area contributed by atoms with Crippen molar-refractivity contribution < 1.29 is 9.90 Å². The van der Waals surface area contributed by atoms with E-state index in [1.807, 2.05) is 30.3 Å². The third kappa shape index (κ3) is 4.64. The van der Waals surface area contributed by atoms with Gasteiger partial charge in [-0.2, -0.15) is 0 Å². The lowest BCUT2D eigenvalue weighted by Gasteiger charge is -2.28. The van der Waals surface area contributed by atoms with E-state index in [9.17, 15) is 9.90 Å². The van der Waals surface area contributed by atoms with Crippen LogP contribution < -0.4 is 5.32 Å². The molecule has 1 fully saturated rings. The zero-order valence-electron chi connectivity index (χ0n) is 12.2. The lowest BCUT2D eigenvalue weighted by molar-refractivity contribution is -0.139. The molecule has 0 heterocycles. The number of hydrogen-bond donors (Lipinski definition) is 2. The third-order valence-corrected chi connectivity index (χ3v) is 4.28. The van der Waals surface area contributed by atoms with Crippen LogP contribution in [0.3, 0.4) is 0 Å². The largest absolute Gasteiger partial charge is 0.480 e. The topological polar surface area (TPSA) is 49.3 Å². The molecule has 3 nitrogen and oxygen atoms in total. The number of aliphatic carboxylic acids is 1. The fourth-order valence-electron chi connectivity index (χ4n) is 3.15. The Hall–Kier alpha value is -1.35. The van der Waals surface area contributed by atoms with Gasteiger partial charge >= 0.3 is 5.97 Å². The van der Waals surface area contributed by atoms with Gasteiger partial charge in [0, 0.05) is 0 Å². The molecule has 1 aliphatic rings. The average Bonchev–Trinajstić information content (AvgIpc) is 2.44. The summed E-state index contributed by atoms with van der Waals surface area (Å²) < 4.78 is 0. The van der Waals surface area contributed by atoms with Crippen LogP contribution in [0.1, 0.15) is 38.2 Å². The van der Waals surface area contributed by atoms with Gasteiger partial charge in [-0.25, -0.2) is 0 Å². The Bertz CT molecular complexity index is 418. The Morgan fingerprint density at radius 1 is 1.35 bits per heavy atom. The Balaban J connectivity index is 1.85. The molecule has 3 atom stereocenters. The van der Waals surface area contributed by atoms with E-state index in [1.165, 1.54) is 25.7 Å². The molecule has 0 bridgehead atoms. The fourth-order valence-corrected chi connectivity index (χ4v) is 3.15. The summed E-state index contributed by atoms with van der Waals surface area (Å²) in [4.78, 5) is 11.4. The van der Waals surface area contributed by atoms with Crippen molar-refractivity contribution in [2.75, 3.05) is 6.54 Å². The highest BCUT2D eigenvalue weighted by Gasteiger charge is 2.22. The number of carboxylic acids is 1. The second-order valence-electron chi connectivity index (χ2n) is 6.13. The molecule has 110 valence electrons. The minimum Gasteiger partial charge on any atom is -0.480 e. The van der Waals surface area contributed by atoms with Gasteiger partial charge in [-0.15, -0.1) is 0 Å². The molecule has 0 aromatic heterocycles. The number of rotatable bonds is 6. The standard InChI is InChI=1S/C17H25NO2/c1-13-6-5-9-15(10-13)12-18-16(17(19)20)11-14-7-3-2-4-8-14/h2-4,7-8,13,15-16,18H,5-6,9-12H2,1H3,(H,19,20)/t13?,15?,16-/m0/s1. The van der Waals surface area contributed by atoms with Crippen LogP contribution in [0, 0.1) is 11.8 Å². The molecule has 2 N–H and O–H groups in total. The lowest BCUT2D eigenvalue weighted by atomic mass is 9.82. The summed E-state index contributed by atoms with van der Waals surface area (Å²) in [6.07, 6.45) is 5.62. The molecule has 2 unspecified atom stereocenters. The van der Waals surface area contributed by atoms with E-state index in [-0.39, 0.29) is 0 Å². The molecule has 1 aliphatic carbocycles. The van der Waals surface area contributed by atoms with Crippen molar-refractivity contribution in [3.05, 3.63) is 35.9 Å². The molecule has 0 amide bonds. The average molecular weight is 275 g/mol. The summed E-state index contributed by atoms with van der Waals surface area (Å²) in [5.41, 5.74) is 1.07. The number of benzene rings is 1. The van der Waals surface area contributed by atoms with E-state index in [1.54, 1.807) is 0 Å². The monoisotopic (exact) mass is 275 g/mol. The van der Waals surface area contributed by atoms with E-state index < -0.39 is 12.0 Å². The normalized spacial score (nSPS) is 24.2. The summed E-state index contributed by atoms with van der Waals surface area (Å²) >= 11 is 0. The molecule has 1 aromatic carbocycles. The van der Waals surface area contributed by atoms with Crippen LogP contribution in [0.2, 0.25) is 0 Å². The maximum absolute atomic E-state index is 11.4. The quantitative estimate of drug-likeness (QED) is 0.838. The molecule has 1 saturated carbocycles. The van der Waals surface area contributed by atoms with Crippen molar-refractivity contribution in [3.63, 3.8) is 0 Å². The van der Waals surface area contributed by atoms with Crippen LogP contribution in [0.5, 0.6) is 0 Å². The molecular weight excluding hydrogens is 250 g/mol. The van der Waals surface area contributed by atoms with Gasteiger partial charge in [0.05, 0.1) is 0 Å². The minimum atomic E-state index is -0.752. The van der Waals surface area contributed by atoms with E-state index in [0.717, 1.165) is 18.0 Å². The number of carboxylic acid groups (broad SMARTS) is 1. The van der Waals surface area contributed by atoms with Gasteiger partial charge in [-0.3, -0.25) is 4.79 Å². The minimum absolute atomic E-state index is 0.477. The van der Waals surface area contributed by atoms with Crippen LogP contribution in [0.15, 0.2) is 30.3 Å². The second kappa shape index (κ2) is 7.44. The zero-order valence-corrected chi connectivity index (χ0v) is 12.2. The van der Waals surface area contributed by atoms with Crippen LogP contribution in [-0.4, -0.2) is 23.7 Å². The molecule has 1 aromatic rings. The Morgan fingerprint density at radius 2 is 2.10 bits per heavy atom. The van der Waals surface area contributed by atoms with Crippen LogP contribution in [0.25, 0.3) is 0 Å². The maximum atomic E-state index is 11.4. The third-order valence-electron chi connectivity index (χ3n) is 4.28.